The van der Waals surface area contributed by atoms with Crippen LogP contribution in [0.1, 0.15) is 33.8 Å². The number of rotatable bonds is 7. The van der Waals surface area contributed by atoms with Gasteiger partial charge in [0.05, 0.1) is 29.5 Å². The molecule has 1 unspecified atom stereocenters. The number of ether oxygens (including phenoxy) is 1. The van der Waals surface area contributed by atoms with Crippen LogP contribution in [0.4, 0.5) is 5.69 Å². The summed E-state index contributed by atoms with van der Waals surface area (Å²) in [6.07, 6.45) is 0.121. The van der Waals surface area contributed by atoms with Gasteiger partial charge in [0.25, 0.3) is 5.91 Å². The van der Waals surface area contributed by atoms with Gasteiger partial charge in [0.15, 0.2) is 5.76 Å². The van der Waals surface area contributed by atoms with E-state index in [1.54, 1.807) is 48.7 Å². The number of carbonyl (C=O) groups excluding carboxylic acids is 3. The molecule has 2 aromatic carbocycles. The highest BCUT2D eigenvalue weighted by Gasteiger charge is 2.44. The Labute approximate surface area is 189 Å². The van der Waals surface area contributed by atoms with E-state index in [4.69, 9.17) is 4.74 Å². The minimum absolute atomic E-state index is 0.0549. The molecule has 1 amide bonds. The van der Waals surface area contributed by atoms with Crippen molar-refractivity contribution < 1.29 is 24.2 Å². The molecular formula is C25H21NO5S. The van der Waals surface area contributed by atoms with Gasteiger partial charge in [0.2, 0.25) is 5.78 Å². The monoisotopic (exact) mass is 447 g/mol. The van der Waals surface area contributed by atoms with Gasteiger partial charge in [-0.05, 0) is 41.6 Å². The van der Waals surface area contributed by atoms with Crippen LogP contribution in [0.3, 0.4) is 0 Å². The SMILES string of the molecule is CCOC(=O)Cc1ccc(N2C(=O)C(O)=C(C(=O)c3cccs3)C2c2ccccc2)cc1. The Bertz CT molecular complexity index is 1170. The summed E-state index contributed by atoms with van der Waals surface area (Å²) < 4.78 is 4.98. The first-order valence-electron chi connectivity index (χ1n) is 10.2. The quantitative estimate of drug-likeness (QED) is 0.421. The van der Waals surface area contributed by atoms with Crippen molar-refractivity contribution in [2.24, 2.45) is 0 Å². The van der Waals surface area contributed by atoms with Gasteiger partial charge in [-0.3, -0.25) is 19.3 Å². The van der Waals surface area contributed by atoms with E-state index in [1.807, 2.05) is 30.3 Å². The number of aliphatic hydroxyl groups excluding tert-OH is 1. The number of amides is 1. The fourth-order valence-corrected chi connectivity index (χ4v) is 4.43. The number of esters is 1. The summed E-state index contributed by atoms with van der Waals surface area (Å²) in [4.78, 5) is 40.0. The van der Waals surface area contributed by atoms with Crippen LogP contribution in [0, 0.1) is 0 Å². The first kappa shape index (κ1) is 21.5. The van der Waals surface area contributed by atoms with Crippen molar-refractivity contribution in [1.82, 2.24) is 0 Å². The molecule has 1 aliphatic rings. The van der Waals surface area contributed by atoms with Crippen LogP contribution >= 0.6 is 11.3 Å². The van der Waals surface area contributed by atoms with E-state index in [2.05, 4.69) is 0 Å². The summed E-state index contributed by atoms with van der Waals surface area (Å²) in [5.41, 5.74) is 2.01. The third-order valence-electron chi connectivity index (χ3n) is 5.18. The van der Waals surface area contributed by atoms with E-state index in [1.165, 1.54) is 16.2 Å². The van der Waals surface area contributed by atoms with E-state index in [9.17, 15) is 19.5 Å². The van der Waals surface area contributed by atoms with Crippen molar-refractivity contribution in [3.8, 4) is 0 Å². The molecule has 4 rings (SSSR count). The molecule has 0 radical (unpaired) electrons. The predicted octanol–water partition coefficient (Wildman–Crippen LogP) is 4.64. The molecule has 32 heavy (non-hydrogen) atoms. The molecule has 0 aliphatic carbocycles. The van der Waals surface area contributed by atoms with Crippen molar-refractivity contribution >= 4 is 34.7 Å². The molecule has 0 fully saturated rings. The van der Waals surface area contributed by atoms with Gasteiger partial charge in [-0.15, -0.1) is 11.3 Å². The molecule has 1 aliphatic heterocycles. The molecular weight excluding hydrogens is 426 g/mol. The van der Waals surface area contributed by atoms with Crippen molar-refractivity contribution in [1.29, 1.82) is 0 Å². The Kier molecular flexibility index (Phi) is 6.18. The van der Waals surface area contributed by atoms with Crippen LogP contribution in [-0.2, 0) is 20.7 Å². The molecule has 6 nitrogen and oxygen atoms in total. The fourth-order valence-electron chi connectivity index (χ4n) is 3.75. The number of nitrogens with zero attached hydrogens (tertiary/aromatic N) is 1. The highest BCUT2D eigenvalue weighted by atomic mass is 32.1. The molecule has 3 aromatic rings. The van der Waals surface area contributed by atoms with Gasteiger partial charge < -0.3 is 9.84 Å². The largest absolute Gasteiger partial charge is 0.503 e. The van der Waals surface area contributed by atoms with E-state index < -0.39 is 17.7 Å². The van der Waals surface area contributed by atoms with Crippen molar-refractivity contribution in [2.45, 2.75) is 19.4 Å². The third kappa shape index (κ3) is 4.07. The van der Waals surface area contributed by atoms with Crippen molar-refractivity contribution in [3.05, 3.63) is 99.4 Å². The zero-order chi connectivity index (χ0) is 22.7. The van der Waals surface area contributed by atoms with Gasteiger partial charge in [-0.1, -0.05) is 48.5 Å². The van der Waals surface area contributed by atoms with Crippen molar-refractivity contribution in [3.63, 3.8) is 0 Å². The minimum Gasteiger partial charge on any atom is -0.503 e. The van der Waals surface area contributed by atoms with Crippen LogP contribution in [0.15, 0.2) is 83.4 Å². The maximum Gasteiger partial charge on any atom is 0.310 e. The Morgan fingerprint density at radius 3 is 2.38 bits per heavy atom. The summed E-state index contributed by atoms with van der Waals surface area (Å²) in [5.74, 6) is -1.89. The number of hydrogen-bond acceptors (Lipinski definition) is 6. The smallest absolute Gasteiger partial charge is 0.310 e. The van der Waals surface area contributed by atoms with Crippen LogP contribution in [-0.4, -0.2) is 29.4 Å². The summed E-state index contributed by atoms with van der Waals surface area (Å²) in [5, 5.41) is 12.5. The predicted molar refractivity (Wildman–Crippen MR) is 122 cm³/mol. The lowest BCUT2D eigenvalue weighted by Crippen LogP contribution is -2.31. The van der Waals surface area contributed by atoms with Crippen LogP contribution < -0.4 is 4.90 Å². The lowest BCUT2D eigenvalue weighted by atomic mass is 9.95. The Balaban J connectivity index is 1.72. The number of carbonyl (C=O) groups is 3. The number of ketones is 1. The number of anilines is 1. The normalized spacial score (nSPS) is 15.8. The minimum atomic E-state index is -0.769. The van der Waals surface area contributed by atoms with Crippen LogP contribution in [0.2, 0.25) is 0 Å². The zero-order valence-corrected chi connectivity index (χ0v) is 18.2. The van der Waals surface area contributed by atoms with E-state index in [-0.39, 0.29) is 23.7 Å². The summed E-state index contributed by atoms with van der Waals surface area (Å²) in [7, 11) is 0. The molecule has 1 N–H and O–H groups in total. The molecule has 1 aromatic heterocycles. The Morgan fingerprint density at radius 1 is 1.03 bits per heavy atom. The highest BCUT2D eigenvalue weighted by Crippen LogP contribution is 2.42. The zero-order valence-electron chi connectivity index (χ0n) is 17.4. The molecule has 0 spiro atoms. The second-order valence-electron chi connectivity index (χ2n) is 7.21. The van der Waals surface area contributed by atoms with E-state index in [0.29, 0.717) is 22.7 Å². The lowest BCUT2D eigenvalue weighted by molar-refractivity contribution is -0.142. The molecule has 0 bridgehead atoms. The molecule has 7 heteroatoms. The maximum atomic E-state index is 13.2. The molecule has 162 valence electrons. The topological polar surface area (TPSA) is 83.9 Å². The van der Waals surface area contributed by atoms with Gasteiger partial charge >= 0.3 is 5.97 Å². The second-order valence-corrected chi connectivity index (χ2v) is 8.15. The number of hydrogen-bond donors (Lipinski definition) is 1. The maximum absolute atomic E-state index is 13.2. The number of thiophene rings is 1. The molecule has 2 heterocycles. The van der Waals surface area contributed by atoms with Crippen LogP contribution in [0.5, 0.6) is 0 Å². The van der Waals surface area contributed by atoms with Gasteiger partial charge in [0.1, 0.15) is 0 Å². The van der Waals surface area contributed by atoms with Crippen molar-refractivity contribution in [2.75, 3.05) is 11.5 Å². The first-order chi connectivity index (χ1) is 15.5. The summed E-state index contributed by atoms with van der Waals surface area (Å²) in [6, 6.07) is 18.7. The third-order valence-corrected chi connectivity index (χ3v) is 6.05. The average molecular weight is 448 g/mol. The summed E-state index contributed by atoms with van der Waals surface area (Å²) in [6.45, 7) is 2.06. The van der Waals surface area contributed by atoms with E-state index in [0.717, 1.165) is 5.56 Å². The average Bonchev–Trinajstić information content (AvgIpc) is 3.42. The van der Waals surface area contributed by atoms with Gasteiger partial charge in [-0.2, -0.15) is 0 Å². The number of aliphatic hydroxyl groups is 1. The van der Waals surface area contributed by atoms with Crippen LogP contribution in [0.25, 0.3) is 0 Å². The van der Waals surface area contributed by atoms with E-state index >= 15 is 0 Å². The standard InChI is InChI=1S/C25H21NO5S/c1-2-31-20(27)15-16-10-12-18(13-11-16)26-22(17-7-4-3-5-8-17)21(24(29)25(26)30)23(28)19-9-6-14-32-19/h3-14,22,29H,2,15H2,1H3. The lowest BCUT2D eigenvalue weighted by Gasteiger charge is -2.27. The second kappa shape index (κ2) is 9.20. The summed E-state index contributed by atoms with van der Waals surface area (Å²) >= 11 is 1.26. The number of benzene rings is 2. The fraction of sp³-hybridized carbons (Fsp3) is 0.160. The Morgan fingerprint density at radius 2 is 1.75 bits per heavy atom. The number of Topliss-reactive ketones (excluding diaryl/α,β-unsaturated/α-hetero) is 1. The van der Waals surface area contributed by atoms with Gasteiger partial charge in [0, 0.05) is 5.69 Å². The molecule has 1 atom stereocenters. The molecule has 0 saturated heterocycles. The Hall–Kier alpha value is -3.71. The first-order valence-corrected chi connectivity index (χ1v) is 11.0. The highest BCUT2D eigenvalue weighted by molar-refractivity contribution is 7.12. The van der Waals surface area contributed by atoms with Gasteiger partial charge in [-0.25, -0.2) is 0 Å². The molecule has 0 saturated carbocycles.